The van der Waals surface area contributed by atoms with E-state index in [-0.39, 0.29) is 17.4 Å². The molecule has 3 aliphatic carbocycles. The van der Waals surface area contributed by atoms with Gasteiger partial charge in [-0.15, -0.1) is 0 Å². The number of nitrogens with zero attached hydrogens (tertiary/aromatic N) is 3. The van der Waals surface area contributed by atoms with Crippen molar-refractivity contribution >= 4 is 5.57 Å². The van der Waals surface area contributed by atoms with E-state index >= 15 is 0 Å². The highest BCUT2D eigenvalue weighted by Crippen LogP contribution is 2.72. The number of pyridine rings is 1. The summed E-state index contributed by atoms with van der Waals surface area (Å²) in [6.07, 6.45) is 10.9. The largest absolute Gasteiger partial charge is 0.388 e. The zero-order chi connectivity index (χ0) is 23.2. The maximum atomic E-state index is 11.2. The minimum atomic E-state index is -1.01. The van der Waals surface area contributed by atoms with Crippen molar-refractivity contribution in [3.8, 4) is 6.07 Å². The average Bonchev–Trinajstić information content (AvgIpc) is 3.34. The maximum absolute atomic E-state index is 11.2. The van der Waals surface area contributed by atoms with Gasteiger partial charge < -0.3 is 19.8 Å². The summed E-state index contributed by atoms with van der Waals surface area (Å²) < 4.78 is 7.20. The van der Waals surface area contributed by atoms with Crippen LogP contribution in [-0.4, -0.2) is 63.6 Å². The number of aliphatic hydroxyl groups excluding tert-OH is 2. The molecule has 1 aromatic rings. The molecule has 1 saturated heterocycles. The van der Waals surface area contributed by atoms with E-state index in [1.165, 1.54) is 5.57 Å². The monoisotopic (exact) mass is 447 g/mol. The molecule has 3 fully saturated rings. The highest BCUT2D eigenvalue weighted by molar-refractivity contribution is 5.73. The zero-order valence-electron chi connectivity index (χ0n) is 19.7. The van der Waals surface area contributed by atoms with Gasteiger partial charge in [0.05, 0.1) is 23.4 Å². The first-order chi connectivity index (χ1) is 15.7. The topological polar surface area (TPSA) is 89.6 Å². The lowest BCUT2D eigenvalue weighted by Gasteiger charge is -2.61. The smallest absolute Gasteiger partial charge is 0.105 e. The molecule has 2 unspecified atom stereocenters. The Kier molecular flexibility index (Phi) is 4.40. The molecule has 2 spiro atoms. The Balaban J connectivity index is 1.47. The molecule has 33 heavy (non-hydrogen) atoms. The quantitative estimate of drug-likeness (QED) is 0.678. The van der Waals surface area contributed by atoms with Gasteiger partial charge in [-0.25, -0.2) is 0 Å². The summed E-state index contributed by atoms with van der Waals surface area (Å²) in [5, 5.41) is 32.7. The second-order valence-electron chi connectivity index (χ2n) is 11.4. The molecule has 0 radical (unpaired) electrons. The molecule has 1 aromatic heterocycles. The molecule has 3 heterocycles. The summed E-state index contributed by atoms with van der Waals surface area (Å²) in [5.74, 6) is 0.188. The fourth-order valence-electron chi connectivity index (χ4n) is 8.21. The van der Waals surface area contributed by atoms with Gasteiger partial charge >= 0.3 is 0 Å². The summed E-state index contributed by atoms with van der Waals surface area (Å²) in [6.45, 7) is 2.34. The van der Waals surface area contributed by atoms with Crippen LogP contribution >= 0.6 is 0 Å². The van der Waals surface area contributed by atoms with Gasteiger partial charge in [-0.05, 0) is 80.8 Å². The third kappa shape index (κ3) is 2.49. The van der Waals surface area contributed by atoms with Crippen LogP contribution in [0.3, 0.4) is 0 Å². The lowest BCUT2D eigenvalue weighted by molar-refractivity contribution is -0.223. The van der Waals surface area contributed by atoms with Crippen LogP contribution in [0.4, 0.5) is 0 Å². The summed E-state index contributed by atoms with van der Waals surface area (Å²) in [4.78, 5) is 6.35. The molecule has 2 aliphatic heterocycles. The van der Waals surface area contributed by atoms with Crippen LogP contribution in [0.25, 0.3) is 5.57 Å². The number of allylic oxidation sites excluding steroid dienone is 2. The fraction of sp³-hybridized carbons (Fsp3) is 0.630. The number of hydrogen-bond donors (Lipinski definition) is 2. The SMILES string of the molecule is CN(C)[C@H]1C[C@@]23CC[C@]4(O2)C2CC=C(c5cccnc5)[C@@]2(C)CCC4(C#N)C=C3[C@@H](O)[C@@H]1O. The van der Waals surface area contributed by atoms with Gasteiger partial charge in [-0.1, -0.05) is 25.1 Å². The normalized spacial score (nSPS) is 47.8. The van der Waals surface area contributed by atoms with Gasteiger partial charge in [0, 0.05) is 24.4 Å². The zero-order valence-corrected chi connectivity index (χ0v) is 19.7. The Morgan fingerprint density at radius 2 is 2.03 bits per heavy atom. The van der Waals surface area contributed by atoms with Gasteiger partial charge in [-0.2, -0.15) is 5.26 Å². The number of aliphatic hydroxyl groups is 2. The number of likely N-dealkylation sites (N-methyl/N-ethyl adjacent to an activating group) is 1. The predicted octanol–water partition coefficient (Wildman–Crippen LogP) is 3.08. The molecule has 2 saturated carbocycles. The number of rotatable bonds is 2. The van der Waals surface area contributed by atoms with Gasteiger partial charge in [-0.3, -0.25) is 4.98 Å². The van der Waals surface area contributed by atoms with E-state index < -0.39 is 28.8 Å². The second kappa shape index (κ2) is 6.76. The van der Waals surface area contributed by atoms with E-state index in [0.717, 1.165) is 36.8 Å². The number of hydrogen-bond acceptors (Lipinski definition) is 6. The van der Waals surface area contributed by atoms with Crippen LogP contribution in [0.2, 0.25) is 0 Å². The van der Waals surface area contributed by atoms with Crippen molar-refractivity contribution in [3.63, 3.8) is 0 Å². The maximum Gasteiger partial charge on any atom is 0.105 e. The van der Waals surface area contributed by atoms with E-state index in [4.69, 9.17) is 4.74 Å². The Morgan fingerprint density at radius 1 is 1.21 bits per heavy atom. The lowest BCUT2D eigenvalue weighted by atomic mass is 9.49. The van der Waals surface area contributed by atoms with Crippen molar-refractivity contribution in [3.05, 3.63) is 47.8 Å². The Hall–Kier alpha value is -2.04. The molecule has 6 nitrogen and oxygen atoms in total. The first kappa shape index (κ1) is 21.5. The summed E-state index contributed by atoms with van der Waals surface area (Å²) >= 11 is 0. The molecule has 0 amide bonds. The third-order valence-corrected chi connectivity index (χ3v) is 9.92. The number of ether oxygens (including phenoxy) is 1. The molecule has 2 bridgehead atoms. The second-order valence-corrected chi connectivity index (χ2v) is 11.4. The van der Waals surface area contributed by atoms with Crippen molar-refractivity contribution < 1.29 is 14.9 Å². The standard InChI is InChI=1S/C27H33N3O3/c1-24-8-9-25(16-28)13-19-22(31)23(32)20(30(2)3)14-26(19)10-11-27(25,33-26)21(24)7-6-18(24)17-5-4-12-29-15-17/h4-6,12-13,15,20-23,31-32H,7-11,14H2,1-3H3/t20-,21?,22+,23+,24+,25?,26+,27-/m0/s1. The molecule has 0 aromatic carbocycles. The van der Waals surface area contributed by atoms with Gasteiger partial charge in [0.2, 0.25) is 0 Å². The third-order valence-electron chi connectivity index (χ3n) is 9.92. The highest BCUT2D eigenvalue weighted by atomic mass is 16.5. The molecular weight excluding hydrogens is 414 g/mol. The van der Waals surface area contributed by atoms with Crippen LogP contribution < -0.4 is 0 Å². The summed E-state index contributed by atoms with van der Waals surface area (Å²) in [6, 6.07) is 6.61. The average molecular weight is 448 g/mol. The van der Waals surface area contributed by atoms with E-state index in [2.05, 4.69) is 30.1 Å². The van der Waals surface area contributed by atoms with Gasteiger partial charge in [0.15, 0.2) is 0 Å². The summed E-state index contributed by atoms with van der Waals surface area (Å²) in [7, 11) is 3.88. The fourth-order valence-corrected chi connectivity index (χ4v) is 8.21. The van der Waals surface area contributed by atoms with Crippen LogP contribution in [-0.2, 0) is 4.74 Å². The van der Waals surface area contributed by atoms with Crippen molar-refractivity contribution in [2.24, 2.45) is 16.7 Å². The highest BCUT2D eigenvalue weighted by Gasteiger charge is 2.74. The first-order valence-electron chi connectivity index (χ1n) is 12.2. The molecule has 5 aliphatic rings. The van der Waals surface area contributed by atoms with Crippen LogP contribution in [0.1, 0.15) is 51.0 Å². The predicted molar refractivity (Wildman–Crippen MR) is 124 cm³/mol. The van der Waals surface area contributed by atoms with Gasteiger partial charge in [0.25, 0.3) is 0 Å². The first-order valence-corrected chi connectivity index (χ1v) is 12.2. The van der Waals surface area contributed by atoms with E-state index in [1.54, 1.807) is 6.20 Å². The Bertz CT molecular complexity index is 1090. The molecule has 2 N–H and O–H groups in total. The molecular formula is C27H33N3O3. The minimum absolute atomic E-state index is 0.0893. The van der Waals surface area contributed by atoms with E-state index in [1.807, 2.05) is 37.3 Å². The lowest BCUT2D eigenvalue weighted by Crippen LogP contribution is -2.66. The minimum Gasteiger partial charge on any atom is -0.388 e. The molecule has 6 rings (SSSR count). The molecule has 174 valence electrons. The number of fused-ring (bicyclic) bond motifs is 1. The van der Waals surface area contributed by atoms with Crippen LogP contribution in [0.5, 0.6) is 0 Å². The number of nitriles is 1. The van der Waals surface area contributed by atoms with Crippen molar-refractivity contribution in [2.45, 2.75) is 74.9 Å². The van der Waals surface area contributed by atoms with Crippen molar-refractivity contribution in [1.29, 1.82) is 5.26 Å². The molecule has 6 heteroatoms. The van der Waals surface area contributed by atoms with E-state index in [0.29, 0.717) is 12.8 Å². The van der Waals surface area contributed by atoms with Crippen molar-refractivity contribution in [1.82, 2.24) is 9.88 Å². The van der Waals surface area contributed by atoms with Crippen LogP contribution in [0.15, 0.2) is 42.3 Å². The Morgan fingerprint density at radius 3 is 2.73 bits per heavy atom. The summed E-state index contributed by atoms with van der Waals surface area (Å²) in [5.41, 5.74) is 1.16. The Labute approximate surface area is 195 Å². The van der Waals surface area contributed by atoms with Gasteiger partial charge in [0.1, 0.15) is 11.5 Å². The number of aromatic nitrogens is 1. The van der Waals surface area contributed by atoms with Crippen LogP contribution in [0, 0.1) is 28.1 Å². The van der Waals surface area contributed by atoms with E-state index in [9.17, 15) is 15.5 Å². The molecule has 8 atom stereocenters. The van der Waals surface area contributed by atoms with Crippen molar-refractivity contribution in [2.75, 3.05) is 14.1 Å².